The van der Waals surface area contributed by atoms with Crippen LogP contribution in [0.1, 0.15) is 5.56 Å². The number of ether oxygens (including phenoxy) is 2. The topological polar surface area (TPSA) is 52.6 Å². The van der Waals surface area contributed by atoms with Crippen molar-refractivity contribution in [3.8, 4) is 5.75 Å². The maximum absolute atomic E-state index is 13.3. The minimum atomic E-state index is -4.09. The van der Waals surface area contributed by atoms with Gasteiger partial charge in [-0.3, -0.25) is 0 Å². The minimum Gasteiger partial charge on any atom is -0.467 e. The van der Waals surface area contributed by atoms with E-state index in [1.807, 2.05) is 0 Å². The first-order chi connectivity index (χ1) is 6.98. The third-order valence-electron chi connectivity index (χ3n) is 1.93. The van der Waals surface area contributed by atoms with Crippen LogP contribution in [-0.4, -0.2) is 15.2 Å². The molecule has 0 N–H and O–H groups in total. The molecule has 0 spiro atoms. The Labute approximate surface area is 90.0 Å². The lowest BCUT2D eigenvalue weighted by atomic mass is 10.2. The van der Waals surface area contributed by atoms with Gasteiger partial charge in [0.15, 0.2) is 6.79 Å². The molecule has 0 radical (unpaired) electrons. The molecule has 0 unspecified atom stereocenters. The molecule has 7 heteroatoms. The zero-order valence-electron chi connectivity index (χ0n) is 7.37. The molecule has 1 aliphatic rings. The summed E-state index contributed by atoms with van der Waals surface area (Å²) < 4.78 is 45.2. The van der Waals surface area contributed by atoms with E-state index < -0.39 is 19.8 Å². The van der Waals surface area contributed by atoms with E-state index in [0.717, 1.165) is 12.1 Å². The standard InChI is InChI=1S/C8H6ClFO4S/c9-15(11,12)8-2-7-5(1-6(8)10)3-13-4-14-7/h1-2H,3-4H2. The minimum absolute atomic E-state index is 0.0143. The molecular weight excluding hydrogens is 247 g/mol. The van der Waals surface area contributed by atoms with Gasteiger partial charge in [0.25, 0.3) is 9.05 Å². The lowest BCUT2D eigenvalue weighted by Gasteiger charge is -2.18. The maximum atomic E-state index is 13.3. The molecule has 0 amide bonds. The van der Waals surface area contributed by atoms with Crippen LogP contribution < -0.4 is 4.74 Å². The van der Waals surface area contributed by atoms with E-state index in [1.54, 1.807) is 0 Å². The quantitative estimate of drug-likeness (QED) is 0.713. The largest absolute Gasteiger partial charge is 0.467 e. The number of hydrogen-bond acceptors (Lipinski definition) is 4. The molecule has 0 saturated carbocycles. The summed E-state index contributed by atoms with van der Waals surface area (Å²) in [5.74, 6) is -0.625. The molecule has 1 aliphatic heterocycles. The Kier molecular flexibility index (Phi) is 2.57. The Hall–Kier alpha value is -0.850. The van der Waals surface area contributed by atoms with Gasteiger partial charge in [-0.1, -0.05) is 0 Å². The van der Waals surface area contributed by atoms with Crippen LogP contribution in [0.3, 0.4) is 0 Å². The zero-order valence-corrected chi connectivity index (χ0v) is 8.94. The molecule has 0 fully saturated rings. The van der Waals surface area contributed by atoms with Crippen LogP contribution in [0.5, 0.6) is 5.75 Å². The third-order valence-corrected chi connectivity index (χ3v) is 3.27. The van der Waals surface area contributed by atoms with Crippen molar-refractivity contribution in [2.75, 3.05) is 6.79 Å². The van der Waals surface area contributed by atoms with Crippen molar-refractivity contribution in [3.05, 3.63) is 23.5 Å². The molecule has 0 bridgehead atoms. The summed E-state index contributed by atoms with van der Waals surface area (Å²) in [4.78, 5) is -0.579. The molecule has 0 aromatic heterocycles. The molecule has 2 rings (SSSR count). The smallest absolute Gasteiger partial charge is 0.264 e. The summed E-state index contributed by atoms with van der Waals surface area (Å²) in [5.41, 5.74) is 0.461. The lowest BCUT2D eigenvalue weighted by molar-refractivity contribution is -0.0168. The molecule has 0 saturated heterocycles. The highest BCUT2D eigenvalue weighted by Gasteiger charge is 2.21. The Morgan fingerprint density at radius 3 is 2.80 bits per heavy atom. The van der Waals surface area contributed by atoms with E-state index >= 15 is 0 Å². The molecule has 4 nitrogen and oxygen atoms in total. The second-order valence-corrected chi connectivity index (χ2v) is 5.47. The molecule has 82 valence electrons. The van der Waals surface area contributed by atoms with Crippen molar-refractivity contribution in [3.63, 3.8) is 0 Å². The average molecular weight is 253 g/mol. The summed E-state index contributed by atoms with van der Waals surface area (Å²) in [7, 11) is 0.961. The number of halogens is 2. The molecule has 0 atom stereocenters. The van der Waals surface area contributed by atoms with Gasteiger partial charge in [0.05, 0.1) is 6.61 Å². The molecular formula is C8H6ClFO4S. The van der Waals surface area contributed by atoms with Crippen molar-refractivity contribution in [1.29, 1.82) is 0 Å². The van der Waals surface area contributed by atoms with Crippen molar-refractivity contribution in [2.24, 2.45) is 0 Å². The summed E-state index contributed by atoms with van der Waals surface area (Å²) in [5, 5.41) is 0. The van der Waals surface area contributed by atoms with Crippen LogP contribution >= 0.6 is 10.7 Å². The Balaban J connectivity index is 2.60. The Morgan fingerprint density at radius 1 is 1.40 bits per heavy atom. The highest BCUT2D eigenvalue weighted by atomic mass is 35.7. The number of rotatable bonds is 1. The second kappa shape index (κ2) is 3.62. The van der Waals surface area contributed by atoms with E-state index in [-0.39, 0.29) is 19.1 Å². The van der Waals surface area contributed by atoms with Crippen LogP contribution in [0.4, 0.5) is 4.39 Å². The van der Waals surface area contributed by atoms with E-state index in [9.17, 15) is 12.8 Å². The fraction of sp³-hybridized carbons (Fsp3) is 0.250. The SMILES string of the molecule is O=S(=O)(Cl)c1cc2c(cc1F)COCO2. The third kappa shape index (κ3) is 2.06. The van der Waals surface area contributed by atoms with Crippen molar-refractivity contribution in [2.45, 2.75) is 11.5 Å². The molecule has 1 aromatic carbocycles. The maximum Gasteiger partial charge on any atom is 0.264 e. The molecule has 0 aliphatic carbocycles. The summed E-state index contributed by atoms with van der Waals surface area (Å²) in [6, 6.07) is 2.11. The first-order valence-corrected chi connectivity index (χ1v) is 6.27. The van der Waals surface area contributed by atoms with Gasteiger partial charge in [-0.05, 0) is 6.07 Å². The van der Waals surface area contributed by atoms with Crippen LogP contribution in [0.15, 0.2) is 17.0 Å². The highest BCUT2D eigenvalue weighted by molar-refractivity contribution is 8.13. The number of hydrogen-bond donors (Lipinski definition) is 0. The van der Waals surface area contributed by atoms with Gasteiger partial charge in [0.2, 0.25) is 0 Å². The highest BCUT2D eigenvalue weighted by Crippen LogP contribution is 2.30. The summed E-state index contributed by atoms with van der Waals surface area (Å²) in [6.45, 7) is 0.204. The van der Waals surface area contributed by atoms with Crippen LogP contribution in [0.25, 0.3) is 0 Å². The normalized spacial score (nSPS) is 15.6. The van der Waals surface area contributed by atoms with Crippen LogP contribution in [0, 0.1) is 5.82 Å². The average Bonchev–Trinajstić information content (AvgIpc) is 2.15. The number of fused-ring (bicyclic) bond motifs is 1. The first kappa shape index (κ1) is 10.7. The lowest BCUT2D eigenvalue weighted by Crippen LogP contribution is -2.12. The monoisotopic (exact) mass is 252 g/mol. The second-order valence-electron chi connectivity index (χ2n) is 2.94. The summed E-state index contributed by atoms with van der Waals surface area (Å²) in [6.07, 6.45) is 0. The van der Waals surface area contributed by atoms with Crippen LogP contribution in [-0.2, 0) is 20.4 Å². The van der Waals surface area contributed by atoms with Gasteiger partial charge in [0, 0.05) is 22.3 Å². The summed E-state index contributed by atoms with van der Waals surface area (Å²) >= 11 is 0. The van der Waals surface area contributed by atoms with Crippen molar-refractivity contribution >= 4 is 19.7 Å². The van der Waals surface area contributed by atoms with Gasteiger partial charge in [-0.15, -0.1) is 0 Å². The van der Waals surface area contributed by atoms with Crippen molar-refractivity contribution < 1.29 is 22.3 Å². The van der Waals surface area contributed by atoms with Crippen LogP contribution in [0.2, 0.25) is 0 Å². The Bertz CT molecular complexity index is 500. The van der Waals surface area contributed by atoms with E-state index in [1.165, 1.54) is 0 Å². The van der Waals surface area contributed by atoms with Gasteiger partial charge in [-0.25, -0.2) is 12.8 Å². The fourth-order valence-electron chi connectivity index (χ4n) is 1.27. The van der Waals surface area contributed by atoms with Gasteiger partial charge >= 0.3 is 0 Å². The zero-order chi connectivity index (χ0) is 11.1. The first-order valence-electron chi connectivity index (χ1n) is 3.96. The van der Waals surface area contributed by atoms with Gasteiger partial charge in [-0.2, -0.15) is 0 Å². The predicted molar refractivity (Wildman–Crippen MR) is 49.7 cm³/mol. The van der Waals surface area contributed by atoms with Gasteiger partial charge in [0.1, 0.15) is 16.5 Å². The van der Waals surface area contributed by atoms with E-state index in [4.69, 9.17) is 20.2 Å². The molecule has 1 aromatic rings. The van der Waals surface area contributed by atoms with Gasteiger partial charge < -0.3 is 9.47 Å². The Morgan fingerprint density at radius 2 is 2.13 bits per heavy atom. The predicted octanol–water partition coefficient (Wildman–Crippen LogP) is 1.62. The van der Waals surface area contributed by atoms with E-state index in [2.05, 4.69) is 0 Å². The fourth-order valence-corrected chi connectivity index (χ4v) is 2.16. The number of benzene rings is 1. The van der Waals surface area contributed by atoms with E-state index in [0.29, 0.717) is 5.56 Å². The van der Waals surface area contributed by atoms with Crippen molar-refractivity contribution in [1.82, 2.24) is 0 Å². The molecule has 15 heavy (non-hydrogen) atoms. The molecule has 1 heterocycles.